The van der Waals surface area contributed by atoms with E-state index in [1.165, 1.54) is 4.90 Å². The minimum Gasteiger partial charge on any atom is -0.486 e. The third-order valence-corrected chi connectivity index (χ3v) is 4.38. The van der Waals surface area contributed by atoms with Crippen molar-refractivity contribution in [2.45, 2.75) is 25.5 Å². The van der Waals surface area contributed by atoms with Gasteiger partial charge < -0.3 is 24.4 Å². The monoisotopic (exact) mass is 321 g/mol. The van der Waals surface area contributed by atoms with Crippen LogP contribution in [0.3, 0.4) is 0 Å². The zero-order valence-electron chi connectivity index (χ0n) is 13.5. The van der Waals surface area contributed by atoms with E-state index in [4.69, 9.17) is 14.2 Å². The molecule has 2 atom stereocenters. The van der Waals surface area contributed by atoms with E-state index in [1.54, 1.807) is 0 Å². The fraction of sp³-hybridized carbons (Fsp3) is 0.588. The third-order valence-electron chi connectivity index (χ3n) is 4.38. The summed E-state index contributed by atoms with van der Waals surface area (Å²) in [6.07, 6.45) is 0.369. The van der Waals surface area contributed by atoms with Crippen molar-refractivity contribution < 1.29 is 23.9 Å². The number of morpholine rings is 1. The third kappa shape index (κ3) is 4.36. The quantitative estimate of drug-likeness (QED) is 0.777. The Kier molecular flexibility index (Phi) is 5.35. The first-order chi connectivity index (χ1) is 11.2. The molecular formula is C17H25N2O4+. The maximum atomic E-state index is 12.1. The van der Waals surface area contributed by atoms with E-state index in [-0.39, 0.29) is 18.1 Å². The maximum absolute atomic E-state index is 12.1. The minimum atomic E-state index is -0.162. The van der Waals surface area contributed by atoms with Crippen LogP contribution in [0.4, 0.5) is 0 Å². The summed E-state index contributed by atoms with van der Waals surface area (Å²) in [4.78, 5) is 13.6. The number of fused-ring (bicyclic) bond motifs is 1. The van der Waals surface area contributed by atoms with Gasteiger partial charge >= 0.3 is 0 Å². The zero-order chi connectivity index (χ0) is 16.1. The molecule has 2 aliphatic heterocycles. The van der Waals surface area contributed by atoms with Gasteiger partial charge in [-0.05, 0) is 19.1 Å². The number of hydrogen-bond acceptors (Lipinski definition) is 4. The maximum Gasteiger partial charge on any atom is 0.226 e. The molecule has 0 radical (unpaired) electrons. The van der Waals surface area contributed by atoms with Crippen molar-refractivity contribution in [3.05, 3.63) is 24.3 Å². The van der Waals surface area contributed by atoms with Gasteiger partial charge in [0.15, 0.2) is 17.6 Å². The Bertz CT molecular complexity index is 531. The van der Waals surface area contributed by atoms with Gasteiger partial charge in [0.2, 0.25) is 5.91 Å². The van der Waals surface area contributed by atoms with Crippen LogP contribution < -0.4 is 19.7 Å². The Morgan fingerprint density at radius 3 is 2.83 bits per heavy atom. The molecule has 0 unspecified atom stereocenters. The number of ether oxygens (including phenoxy) is 3. The lowest BCUT2D eigenvalue weighted by Gasteiger charge is -2.31. The minimum absolute atomic E-state index is 0.0685. The van der Waals surface area contributed by atoms with E-state index in [1.807, 2.05) is 31.2 Å². The molecule has 6 nitrogen and oxygen atoms in total. The highest BCUT2D eigenvalue weighted by Gasteiger charge is 2.27. The summed E-state index contributed by atoms with van der Waals surface area (Å²) < 4.78 is 17.0. The van der Waals surface area contributed by atoms with Gasteiger partial charge in [0.1, 0.15) is 19.7 Å². The van der Waals surface area contributed by atoms with E-state index >= 15 is 0 Å². The normalized spacial score (nSPS) is 22.4. The van der Waals surface area contributed by atoms with Crippen LogP contribution in [0.1, 0.15) is 13.3 Å². The van der Waals surface area contributed by atoms with Crippen LogP contribution in [0.2, 0.25) is 0 Å². The van der Waals surface area contributed by atoms with Crippen LogP contribution in [-0.4, -0.2) is 57.5 Å². The summed E-state index contributed by atoms with van der Waals surface area (Å²) in [6, 6.07) is 7.52. The van der Waals surface area contributed by atoms with Gasteiger partial charge in [0.05, 0.1) is 32.2 Å². The first kappa shape index (κ1) is 16.1. The second-order valence-corrected chi connectivity index (χ2v) is 6.13. The molecule has 126 valence electrons. The van der Waals surface area contributed by atoms with Crippen molar-refractivity contribution in [3.8, 4) is 11.5 Å². The number of para-hydroxylation sites is 2. The summed E-state index contributed by atoms with van der Waals surface area (Å²) in [5.41, 5.74) is 0. The van der Waals surface area contributed by atoms with Crippen LogP contribution in [-0.2, 0) is 9.53 Å². The molecule has 0 spiro atoms. The van der Waals surface area contributed by atoms with Crippen LogP contribution in [0.15, 0.2) is 24.3 Å². The molecule has 1 fully saturated rings. The van der Waals surface area contributed by atoms with Crippen LogP contribution in [0.25, 0.3) is 0 Å². The zero-order valence-corrected chi connectivity index (χ0v) is 13.5. The molecule has 3 rings (SSSR count). The second-order valence-electron chi connectivity index (χ2n) is 6.13. The lowest BCUT2D eigenvalue weighted by Crippen LogP contribution is -3.14. The molecular weight excluding hydrogens is 296 g/mol. The van der Waals surface area contributed by atoms with Gasteiger partial charge in [-0.25, -0.2) is 0 Å². The lowest BCUT2D eigenvalue weighted by atomic mass is 10.1. The summed E-state index contributed by atoms with van der Waals surface area (Å²) in [5.74, 6) is 1.57. The molecule has 2 N–H and O–H groups in total. The molecule has 0 aliphatic carbocycles. The number of quaternary nitrogens is 1. The number of nitrogens with one attached hydrogen (secondary N) is 2. The number of benzene rings is 1. The van der Waals surface area contributed by atoms with Crippen molar-refractivity contribution in [1.82, 2.24) is 5.32 Å². The van der Waals surface area contributed by atoms with Crippen molar-refractivity contribution in [3.63, 3.8) is 0 Å². The number of carbonyl (C=O) groups is 1. The van der Waals surface area contributed by atoms with E-state index in [9.17, 15) is 4.79 Å². The highest BCUT2D eigenvalue weighted by atomic mass is 16.6. The number of rotatable bonds is 5. The van der Waals surface area contributed by atoms with Gasteiger partial charge in [0, 0.05) is 0 Å². The van der Waals surface area contributed by atoms with Crippen molar-refractivity contribution >= 4 is 5.91 Å². The van der Waals surface area contributed by atoms with E-state index < -0.39 is 0 Å². The predicted octanol–water partition coefficient (Wildman–Crippen LogP) is -0.364. The molecule has 1 amide bonds. The SMILES string of the molecule is C[C@@H](NC(=O)CC[NH+]1CCOCC1)[C@@H]1COc2ccccc2O1. The van der Waals surface area contributed by atoms with E-state index in [2.05, 4.69) is 5.32 Å². The Labute approximate surface area is 136 Å². The highest BCUT2D eigenvalue weighted by molar-refractivity contribution is 5.76. The molecule has 0 saturated carbocycles. The topological polar surface area (TPSA) is 61.2 Å². The predicted molar refractivity (Wildman–Crippen MR) is 85.0 cm³/mol. The van der Waals surface area contributed by atoms with Crippen LogP contribution >= 0.6 is 0 Å². The first-order valence-corrected chi connectivity index (χ1v) is 8.31. The van der Waals surface area contributed by atoms with Gasteiger partial charge in [-0.1, -0.05) is 12.1 Å². The Hall–Kier alpha value is -1.79. The molecule has 2 heterocycles. The number of amides is 1. The average molecular weight is 321 g/mol. The standard InChI is InChI=1S/C17H24N2O4/c1-13(16-12-22-14-4-2-3-5-15(14)23-16)18-17(20)6-7-19-8-10-21-11-9-19/h2-5,13,16H,6-12H2,1H3,(H,18,20)/p+1/t13-,16+/m1/s1. The molecule has 0 bridgehead atoms. The fourth-order valence-electron chi connectivity index (χ4n) is 2.90. The molecule has 1 aromatic rings. The lowest BCUT2D eigenvalue weighted by molar-refractivity contribution is -0.907. The smallest absolute Gasteiger partial charge is 0.226 e. The van der Waals surface area contributed by atoms with E-state index in [0.29, 0.717) is 13.0 Å². The van der Waals surface area contributed by atoms with Gasteiger partial charge in [0.25, 0.3) is 0 Å². The van der Waals surface area contributed by atoms with Crippen LogP contribution in [0, 0.1) is 0 Å². The number of hydrogen-bond donors (Lipinski definition) is 2. The van der Waals surface area contributed by atoms with Gasteiger partial charge in [-0.15, -0.1) is 0 Å². The summed E-state index contributed by atoms with van der Waals surface area (Å²) >= 11 is 0. The molecule has 1 saturated heterocycles. The molecule has 23 heavy (non-hydrogen) atoms. The highest BCUT2D eigenvalue weighted by Crippen LogP contribution is 2.31. The van der Waals surface area contributed by atoms with Crippen molar-refractivity contribution in [2.24, 2.45) is 0 Å². The van der Waals surface area contributed by atoms with E-state index in [0.717, 1.165) is 44.3 Å². The summed E-state index contributed by atoms with van der Waals surface area (Å²) in [6.45, 7) is 6.82. The molecule has 0 aromatic heterocycles. The Morgan fingerprint density at radius 2 is 2.04 bits per heavy atom. The summed E-state index contributed by atoms with van der Waals surface area (Å²) in [5, 5.41) is 3.03. The first-order valence-electron chi connectivity index (χ1n) is 8.31. The molecule has 1 aromatic carbocycles. The fourth-order valence-corrected chi connectivity index (χ4v) is 2.90. The summed E-state index contributed by atoms with van der Waals surface area (Å²) in [7, 11) is 0. The van der Waals surface area contributed by atoms with Gasteiger partial charge in [-0.3, -0.25) is 4.79 Å². The number of carbonyl (C=O) groups excluding carboxylic acids is 1. The largest absolute Gasteiger partial charge is 0.486 e. The molecule has 2 aliphatic rings. The average Bonchev–Trinajstić information content (AvgIpc) is 2.60. The second kappa shape index (κ2) is 7.66. The Morgan fingerprint density at radius 1 is 1.30 bits per heavy atom. The van der Waals surface area contributed by atoms with Crippen molar-refractivity contribution in [1.29, 1.82) is 0 Å². The Balaban J connectivity index is 1.43. The van der Waals surface area contributed by atoms with Crippen molar-refractivity contribution in [2.75, 3.05) is 39.5 Å². The molecule has 6 heteroatoms. The van der Waals surface area contributed by atoms with Crippen LogP contribution in [0.5, 0.6) is 11.5 Å². The van der Waals surface area contributed by atoms with Gasteiger partial charge in [-0.2, -0.15) is 0 Å².